The first-order valence-corrected chi connectivity index (χ1v) is 10.5. The Hall–Kier alpha value is -3.42. The molecule has 0 saturated carbocycles. The van der Waals surface area contributed by atoms with Crippen LogP contribution < -0.4 is 15.5 Å². The third-order valence-corrected chi connectivity index (χ3v) is 5.16. The van der Waals surface area contributed by atoms with Crippen molar-refractivity contribution >= 4 is 23.2 Å². The molecule has 0 fully saturated rings. The van der Waals surface area contributed by atoms with Crippen LogP contribution in [-0.4, -0.2) is 46.1 Å². The molecule has 30 heavy (non-hydrogen) atoms. The van der Waals surface area contributed by atoms with Crippen molar-refractivity contribution in [1.29, 1.82) is 0 Å². The molecule has 0 radical (unpaired) electrons. The fourth-order valence-corrected chi connectivity index (χ4v) is 3.67. The molecule has 156 valence electrons. The number of benzene rings is 1. The van der Waals surface area contributed by atoms with Crippen LogP contribution in [-0.2, 0) is 17.8 Å². The molecule has 1 amide bonds. The summed E-state index contributed by atoms with van der Waals surface area (Å²) in [6, 6.07) is 13.9. The molecule has 1 aliphatic rings. The Morgan fingerprint density at radius 3 is 2.90 bits per heavy atom. The van der Waals surface area contributed by atoms with E-state index in [1.54, 1.807) is 0 Å². The number of nitrogens with one attached hydrogen (secondary N) is 2. The lowest BCUT2D eigenvalue weighted by molar-refractivity contribution is -0.118. The summed E-state index contributed by atoms with van der Waals surface area (Å²) < 4.78 is 1.93. The second-order valence-electron chi connectivity index (χ2n) is 7.19. The third kappa shape index (κ3) is 4.42. The molecule has 3 aromatic rings. The van der Waals surface area contributed by atoms with E-state index in [2.05, 4.69) is 31.9 Å². The SMILES string of the molecule is CCNC(=NCc1nnc2ccccn12)NCCCC(=O)N1CCc2ccccc21. The maximum absolute atomic E-state index is 12.6. The Kier molecular flexibility index (Phi) is 6.22. The van der Waals surface area contributed by atoms with Crippen molar-refractivity contribution in [3.63, 3.8) is 0 Å². The standard InChI is InChI=1S/C22H27N7O/c1-2-23-22(25-16-20-27-26-19-10-5-6-14-29(19)20)24-13-7-11-21(30)28-15-12-17-8-3-4-9-18(17)28/h3-6,8-10,14H,2,7,11-13,15-16H2,1H3,(H2,23,24,25). The van der Waals surface area contributed by atoms with Gasteiger partial charge in [0.15, 0.2) is 17.4 Å². The first-order chi connectivity index (χ1) is 14.8. The summed E-state index contributed by atoms with van der Waals surface area (Å²) in [5.41, 5.74) is 3.13. The lowest BCUT2D eigenvalue weighted by atomic mass is 10.2. The predicted molar refractivity (Wildman–Crippen MR) is 118 cm³/mol. The molecule has 4 rings (SSSR count). The number of aliphatic imine (C=N–C) groups is 1. The summed E-state index contributed by atoms with van der Waals surface area (Å²) >= 11 is 0. The number of hydrogen-bond acceptors (Lipinski definition) is 4. The molecule has 8 nitrogen and oxygen atoms in total. The summed E-state index contributed by atoms with van der Waals surface area (Å²) in [5.74, 6) is 1.67. The highest BCUT2D eigenvalue weighted by molar-refractivity contribution is 5.95. The number of anilines is 1. The molecule has 3 heterocycles. The van der Waals surface area contributed by atoms with Gasteiger partial charge in [-0.2, -0.15) is 0 Å². The van der Waals surface area contributed by atoms with Crippen LogP contribution >= 0.6 is 0 Å². The minimum atomic E-state index is 0.179. The van der Waals surface area contributed by atoms with E-state index in [0.717, 1.165) is 43.1 Å². The van der Waals surface area contributed by atoms with Crippen LogP contribution in [0.15, 0.2) is 53.7 Å². The van der Waals surface area contributed by atoms with E-state index >= 15 is 0 Å². The molecule has 0 atom stereocenters. The van der Waals surface area contributed by atoms with Gasteiger partial charge >= 0.3 is 0 Å². The van der Waals surface area contributed by atoms with E-state index in [-0.39, 0.29) is 5.91 Å². The molecule has 8 heteroatoms. The molecule has 1 aromatic carbocycles. The zero-order valence-electron chi connectivity index (χ0n) is 17.2. The minimum Gasteiger partial charge on any atom is -0.357 e. The number of amides is 1. The largest absolute Gasteiger partial charge is 0.357 e. The Morgan fingerprint density at radius 2 is 2.00 bits per heavy atom. The first kappa shape index (κ1) is 19.9. The van der Waals surface area contributed by atoms with E-state index < -0.39 is 0 Å². The molecule has 2 aromatic heterocycles. The third-order valence-electron chi connectivity index (χ3n) is 5.16. The molecule has 2 N–H and O–H groups in total. The zero-order valence-corrected chi connectivity index (χ0v) is 17.2. The molecular weight excluding hydrogens is 378 g/mol. The van der Waals surface area contributed by atoms with Crippen LogP contribution in [0.2, 0.25) is 0 Å². The van der Waals surface area contributed by atoms with Crippen LogP contribution in [0.25, 0.3) is 5.65 Å². The van der Waals surface area contributed by atoms with Crippen molar-refractivity contribution in [3.8, 4) is 0 Å². The van der Waals surface area contributed by atoms with Crippen LogP contribution in [0.5, 0.6) is 0 Å². The Morgan fingerprint density at radius 1 is 1.13 bits per heavy atom. The van der Waals surface area contributed by atoms with Crippen molar-refractivity contribution in [2.75, 3.05) is 24.5 Å². The number of aromatic nitrogens is 3. The lowest BCUT2D eigenvalue weighted by Gasteiger charge is -2.17. The number of nitrogens with zero attached hydrogens (tertiary/aromatic N) is 5. The van der Waals surface area contributed by atoms with Crippen molar-refractivity contribution in [2.45, 2.75) is 32.7 Å². The van der Waals surface area contributed by atoms with Gasteiger partial charge in [0.25, 0.3) is 0 Å². The minimum absolute atomic E-state index is 0.179. The lowest BCUT2D eigenvalue weighted by Crippen LogP contribution is -2.38. The van der Waals surface area contributed by atoms with Crippen LogP contribution in [0, 0.1) is 0 Å². The van der Waals surface area contributed by atoms with Gasteiger partial charge in [-0.15, -0.1) is 10.2 Å². The predicted octanol–water partition coefficient (Wildman–Crippen LogP) is 2.15. The smallest absolute Gasteiger partial charge is 0.227 e. The van der Waals surface area contributed by atoms with Crippen LogP contribution in [0.1, 0.15) is 31.2 Å². The highest BCUT2D eigenvalue weighted by Gasteiger charge is 2.23. The average Bonchev–Trinajstić information content (AvgIpc) is 3.39. The summed E-state index contributed by atoms with van der Waals surface area (Å²) in [5, 5.41) is 14.9. The number of para-hydroxylation sites is 1. The molecule has 1 aliphatic heterocycles. The maximum Gasteiger partial charge on any atom is 0.227 e. The summed E-state index contributed by atoms with van der Waals surface area (Å²) in [6.07, 6.45) is 4.13. The van der Waals surface area contributed by atoms with E-state index in [4.69, 9.17) is 0 Å². The number of guanidine groups is 1. The first-order valence-electron chi connectivity index (χ1n) is 10.5. The number of rotatable bonds is 7. The molecule has 0 aliphatic carbocycles. The van der Waals surface area contributed by atoms with Gasteiger partial charge in [-0.05, 0) is 43.5 Å². The molecule has 0 unspecified atom stereocenters. The summed E-state index contributed by atoms with van der Waals surface area (Å²) in [4.78, 5) is 19.1. The maximum atomic E-state index is 12.6. The molecule has 0 saturated heterocycles. The Labute approximate surface area is 176 Å². The average molecular weight is 406 g/mol. The molecule has 0 bridgehead atoms. The highest BCUT2D eigenvalue weighted by atomic mass is 16.2. The second-order valence-corrected chi connectivity index (χ2v) is 7.19. The summed E-state index contributed by atoms with van der Waals surface area (Å²) in [7, 11) is 0. The quantitative estimate of drug-likeness (QED) is 0.357. The van der Waals surface area contributed by atoms with Crippen molar-refractivity contribution < 1.29 is 4.79 Å². The monoisotopic (exact) mass is 405 g/mol. The van der Waals surface area contributed by atoms with Gasteiger partial charge < -0.3 is 15.5 Å². The fourth-order valence-electron chi connectivity index (χ4n) is 3.67. The number of hydrogen-bond donors (Lipinski definition) is 2. The van der Waals surface area contributed by atoms with Crippen LogP contribution in [0.3, 0.4) is 0 Å². The van der Waals surface area contributed by atoms with Gasteiger partial charge in [0.2, 0.25) is 5.91 Å². The van der Waals surface area contributed by atoms with Gasteiger partial charge in [-0.25, -0.2) is 4.99 Å². The van der Waals surface area contributed by atoms with Gasteiger partial charge in [0.1, 0.15) is 6.54 Å². The van der Waals surface area contributed by atoms with Crippen LogP contribution in [0.4, 0.5) is 5.69 Å². The molecular formula is C22H27N7O. The van der Waals surface area contributed by atoms with Crippen molar-refractivity contribution in [2.24, 2.45) is 4.99 Å². The number of carbonyl (C=O) groups is 1. The fraction of sp³-hybridized carbons (Fsp3) is 0.364. The van der Waals surface area contributed by atoms with Gasteiger partial charge in [0, 0.05) is 37.9 Å². The molecule has 0 spiro atoms. The summed E-state index contributed by atoms with van der Waals surface area (Å²) in [6.45, 7) is 4.66. The Balaban J connectivity index is 1.28. The number of pyridine rings is 1. The number of fused-ring (bicyclic) bond motifs is 2. The Bertz CT molecular complexity index is 1040. The van der Waals surface area contributed by atoms with E-state index in [9.17, 15) is 4.79 Å². The number of carbonyl (C=O) groups excluding carboxylic acids is 1. The second kappa shape index (κ2) is 9.39. The highest BCUT2D eigenvalue weighted by Crippen LogP contribution is 2.27. The normalized spacial score (nSPS) is 13.5. The van der Waals surface area contributed by atoms with Gasteiger partial charge in [0.05, 0.1) is 0 Å². The van der Waals surface area contributed by atoms with Crippen molar-refractivity contribution in [1.82, 2.24) is 25.2 Å². The van der Waals surface area contributed by atoms with E-state index in [1.165, 1.54) is 5.56 Å². The van der Waals surface area contributed by atoms with Crippen molar-refractivity contribution in [3.05, 3.63) is 60.0 Å². The van der Waals surface area contributed by atoms with E-state index in [1.807, 2.05) is 58.8 Å². The topological polar surface area (TPSA) is 86.9 Å². The van der Waals surface area contributed by atoms with Gasteiger partial charge in [-0.3, -0.25) is 9.20 Å². The zero-order chi connectivity index (χ0) is 20.8. The van der Waals surface area contributed by atoms with Gasteiger partial charge in [-0.1, -0.05) is 24.3 Å². The van der Waals surface area contributed by atoms with E-state index in [0.29, 0.717) is 25.5 Å².